The van der Waals surface area contributed by atoms with Crippen LogP contribution in [0.5, 0.6) is 0 Å². The van der Waals surface area contributed by atoms with E-state index in [0.29, 0.717) is 11.5 Å². The summed E-state index contributed by atoms with van der Waals surface area (Å²) in [7, 11) is 0. The van der Waals surface area contributed by atoms with Crippen molar-refractivity contribution in [2.45, 2.75) is 39.7 Å². The van der Waals surface area contributed by atoms with Crippen LogP contribution in [0.4, 0.5) is 4.39 Å². The van der Waals surface area contributed by atoms with Crippen LogP contribution >= 0.6 is 0 Å². The molecule has 0 bridgehead atoms. The summed E-state index contributed by atoms with van der Waals surface area (Å²) in [5.74, 6) is 0.359. The Morgan fingerprint density at radius 1 is 1.17 bits per heavy atom. The second-order valence-corrected chi connectivity index (χ2v) is 5.79. The van der Waals surface area contributed by atoms with Crippen LogP contribution < -0.4 is 5.56 Å². The summed E-state index contributed by atoms with van der Waals surface area (Å²) >= 11 is 0. The normalized spacial score (nSPS) is 11.3. The van der Waals surface area contributed by atoms with Gasteiger partial charge in [0.2, 0.25) is 5.78 Å². The molecule has 23 heavy (non-hydrogen) atoms. The molecule has 2 aromatic heterocycles. The molecule has 1 aromatic carbocycles. The van der Waals surface area contributed by atoms with Gasteiger partial charge in [0.1, 0.15) is 5.82 Å². The summed E-state index contributed by atoms with van der Waals surface area (Å²) in [5.41, 5.74) is 2.30. The Balaban J connectivity index is 2.10. The van der Waals surface area contributed by atoms with Gasteiger partial charge in [0.25, 0.3) is 5.56 Å². The summed E-state index contributed by atoms with van der Waals surface area (Å²) in [5, 5.41) is 0. The second kappa shape index (κ2) is 6.36. The van der Waals surface area contributed by atoms with E-state index >= 15 is 0 Å². The number of aromatic nitrogens is 3. The highest BCUT2D eigenvalue weighted by molar-refractivity contribution is 5.61. The van der Waals surface area contributed by atoms with Gasteiger partial charge >= 0.3 is 0 Å². The lowest BCUT2D eigenvalue weighted by molar-refractivity contribution is 0.590. The molecule has 3 aromatic rings. The van der Waals surface area contributed by atoms with Crippen molar-refractivity contribution >= 4 is 5.78 Å². The van der Waals surface area contributed by atoms with Crippen LogP contribution in [-0.4, -0.2) is 14.0 Å². The lowest BCUT2D eigenvalue weighted by atomic mass is 10.2. The second-order valence-electron chi connectivity index (χ2n) is 5.79. The molecule has 0 saturated heterocycles. The van der Waals surface area contributed by atoms with E-state index in [4.69, 9.17) is 0 Å². The van der Waals surface area contributed by atoms with Gasteiger partial charge in [-0.05, 0) is 37.6 Å². The monoisotopic (exact) mass is 313 g/mol. The highest BCUT2D eigenvalue weighted by Gasteiger charge is 2.11. The zero-order valence-corrected chi connectivity index (χ0v) is 13.4. The number of benzene rings is 1. The Hall–Kier alpha value is -2.43. The Morgan fingerprint density at radius 3 is 2.61 bits per heavy atom. The van der Waals surface area contributed by atoms with Gasteiger partial charge in [-0.15, -0.1) is 0 Å². The first-order valence-electron chi connectivity index (χ1n) is 7.95. The summed E-state index contributed by atoms with van der Waals surface area (Å²) < 4.78 is 16.7. The van der Waals surface area contributed by atoms with Crippen molar-refractivity contribution in [3.8, 4) is 11.3 Å². The number of hydrogen-bond acceptors (Lipinski definition) is 2. The number of hydrogen-bond donors (Lipinski definition) is 0. The molecular formula is C18H20FN3O. The highest BCUT2D eigenvalue weighted by Crippen LogP contribution is 2.19. The maximum absolute atomic E-state index is 13.1. The third-order valence-electron chi connectivity index (χ3n) is 4.05. The Morgan fingerprint density at radius 2 is 1.91 bits per heavy atom. The predicted molar refractivity (Wildman–Crippen MR) is 89.1 cm³/mol. The molecule has 0 amide bonds. The minimum absolute atomic E-state index is 0.0925. The fourth-order valence-electron chi connectivity index (χ4n) is 2.76. The maximum atomic E-state index is 13.1. The van der Waals surface area contributed by atoms with Crippen LogP contribution in [0.15, 0.2) is 41.3 Å². The molecule has 0 spiro atoms. The number of nitrogens with zero attached hydrogens (tertiary/aromatic N) is 3. The Kier molecular flexibility index (Phi) is 4.28. The van der Waals surface area contributed by atoms with E-state index in [1.54, 1.807) is 28.8 Å². The largest absolute Gasteiger partial charge is 0.315 e. The molecule has 0 N–H and O–H groups in total. The molecular weight excluding hydrogens is 293 g/mol. The molecule has 0 unspecified atom stereocenters. The minimum Gasteiger partial charge on any atom is -0.315 e. The van der Waals surface area contributed by atoms with Crippen LogP contribution in [0, 0.1) is 12.7 Å². The van der Waals surface area contributed by atoms with Gasteiger partial charge in [-0.2, -0.15) is 0 Å². The van der Waals surface area contributed by atoms with Gasteiger partial charge in [0, 0.05) is 30.1 Å². The predicted octanol–water partition coefficient (Wildman–Crippen LogP) is 3.80. The van der Waals surface area contributed by atoms with E-state index in [1.165, 1.54) is 12.1 Å². The zero-order chi connectivity index (χ0) is 16.4. The van der Waals surface area contributed by atoms with Crippen LogP contribution in [0.3, 0.4) is 0 Å². The first-order chi connectivity index (χ1) is 11.1. The molecule has 0 fully saturated rings. The summed E-state index contributed by atoms with van der Waals surface area (Å²) in [6.45, 7) is 4.93. The van der Waals surface area contributed by atoms with Gasteiger partial charge in [-0.25, -0.2) is 9.37 Å². The van der Waals surface area contributed by atoms with Crippen LogP contribution in [0.25, 0.3) is 17.0 Å². The molecule has 0 saturated carbocycles. The minimum atomic E-state index is -0.285. The molecule has 0 atom stereocenters. The molecule has 3 rings (SSSR count). The molecule has 5 heteroatoms. The van der Waals surface area contributed by atoms with E-state index in [-0.39, 0.29) is 11.4 Å². The summed E-state index contributed by atoms with van der Waals surface area (Å²) in [6, 6.07) is 7.79. The van der Waals surface area contributed by atoms with Crippen LogP contribution in [-0.2, 0) is 6.54 Å². The van der Waals surface area contributed by atoms with E-state index in [9.17, 15) is 9.18 Å². The van der Waals surface area contributed by atoms with Crippen molar-refractivity contribution in [1.29, 1.82) is 0 Å². The van der Waals surface area contributed by atoms with Crippen molar-refractivity contribution in [2.75, 3.05) is 0 Å². The third kappa shape index (κ3) is 3.04. The molecule has 120 valence electrons. The van der Waals surface area contributed by atoms with Crippen molar-refractivity contribution in [2.24, 2.45) is 0 Å². The average molecular weight is 313 g/mol. The number of fused-ring (bicyclic) bond motifs is 1. The van der Waals surface area contributed by atoms with Crippen LogP contribution in [0.2, 0.25) is 0 Å². The number of rotatable bonds is 5. The van der Waals surface area contributed by atoms with Gasteiger partial charge in [0.15, 0.2) is 0 Å². The molecule has 0 radical (unpaired) electrons. The standard InChI is InChI=1S/C18H20FN3O/c1-3-4-5-10-21-13(2)11-17(23)22-12-16(20-18(21)22)14-6-8-15(19)9-7-14/h6-9,11-12H,3-5,10H2,1-2H3. The van der Waals surface area contributed by atoms with Gasteiger partial charge < -0.3 is 4.57 Å². The number of aryl methyl sites for hydroxylation is 2. The molecule has 0 aliphatic heterocycles. The van der Waals surface area contributed by atoms with Gasteiger partial charge in [0.05, 0.1) is 5.69 Å². The van der Waals surface area contributed by atoms with Gasteiger partial charge in [-0.3, -0.25) is 9.20 Å². The van der Waals surface area contributed by atoms with E-state index in [1.807, 2.05) is 6.92 Å². The Bertz CT molecular complexity index is 878. The fourth-order valence-corrected chi connectivity index (χ4v) is 2.76. The van der Waals surface area contributed by atoms with E-state index in [0.717, 1.165) is 37.1 Å². The maximum Gasteiger partial charge on any atom is 0.259 e. The number of imidazole rings is 1. The lowest BCUT2D eigenvalue weighted by Gasteiger charge is -2.11. The fraction of sp³-hybridized carbons (Fsp3) is 0.333. The average Bonchev–Trinajstić information content (AvgIpc) is 2.97. The highest BCUT2D eigenvalue weighted by atomic mass is 19.1. The first kappa shape index (κ1) is 15.5. The van der Waals surface area contributed by atoms with Crippen molar-refractivity contribution in [1.82, 2.24) is 14.0 Å². The van der Waals surface area contributed by atoms with E-state index < -0.39 is 0 Å². The SMILES string of the molecule is CCCCCn1c(C)cc(=O)n2cc(-c3ccc(F)cc3)nc12. The Labute approximate surface area is 134 Å². The first-order valence-corrected chi connectivity index (χ1v) is 7.95. The number of unbranched alkanes of at least 4 members (excludes halogenated alkanes) is 2. The molecule has 0 aliphatic rings. The smallest absolute Gasteiger partial charge is 0.259 e. The van der Waals surface area contributed by atoms with Crippen molar-refractivity contribution in [3.05, 3.63) is 58.4 Å². The van der Waals surface area contributed by atoms with Crippen molar-refractivity contribution < 1.29 is 4.39 Å². The quantitative estimate of drug-likeness (QED) is 0.672. The van der Waals surface area contributed by atoms with E-state index in [2.05, 4.69) is 16.5 Å². The number of halogens is 1. The van der Waals surface area contributed by atoms with Gasteiger partial charge in [-0.1, -0.05) is 19.8 Å². The topological polar surface area (TPSA) is 39.3 Å². The zero-order valence-electron chi connectivity index (χ0n) is 13.4. The van der Waals surface area contributed by atoms with Crippen molar-refractivity contribution in [3.63, 3.8) is 0 Å². The molecule has 0 aliphatic carbocycles. The lowest BCUT2D eigenvalue weighted by Crippen LogP contribution is -2.18. The summed E-state index contributed by atoms with van der Waals surface area (Å²) in [6.07, 6.45) is 5.06. The van der Waals surface area contributed by atoms with Crippen LogP contribution in [0.1, 0.15) is 31.9 Å². The third-order valence-corrected chi connectivity index (χ3v) is 4.05. The summed E-state index contributed by atoms with van der Waals surface area (Å²) in [4.78, 5) is 16.8. The molecule has 4 nitrogen and oxygen atoms in total. The molecule has 2 heterocycles.